The van der Waals surface area contributed by atoms with Crippen molar-refractivity contribution in [2.24, 2.45) is 0 Å². The van der Waals surface area contributed by atoms with Crippen molar-refractivity contribution >= 4 is 34.4 Å². The summed E-state index contributed by atoms with van der Waals surface area (Å²) in [6.45, 7) is 0.640. The minimum absolute atomic E-state index is 0.293. The molecule has 0 saturated carbocycles. The number of anilines is 1. The Balaban J connectivity index is 1.27. The lowest BCUT2D eigenvalue weighted by Gasteiger charge is -2.22. The fraction of sp³-hybridized carbons (Fsp3) is 0.240. The number of benzene rings is 2. The van der Waals surface area contributed by atoms with Crippen LogP contribution in [0.4, 0.5) is 5.13 Å². The number of hydrogen-bond acceptors (Lipinski definition) is 7. The Labute approximate surface area is 201 Å². The second-order valence-corrected chi connectivity index (χ2v) is 8.41. The highest BCUT2D eigenvalue weighted by Gasteiger charge is 2.16. The molecule has 1 atom stereocenters. The van der Waals surface area contributed by atoms with Gasteiger partial charge in [-0.15, -0.1) is 11.3 Å². The molecule has 1 aliphatic heterocycles. The Morgan fingerprint density at radius 2 is 1.91 bits per heavy atom. The van der Waals surface area contributed by atoms with Gasteiger partial charge in [-0.1, -0.05) is 12.1 Å². The zero-order valence-electron chi connectivity index (χ0n) is 18.7. The van der Waals surface area contributed by atoms with Gasteiger partial charge in [0.05, 0.1) is 12.8 Å². The van der Waals surface area contributed by atoms with Crippen LogP contribution in [0.5, 0.6) is 5.75 Å². The molecule has 3 aromatic rings. The van der Waals surface area contributed by atoms with E-state index in [9.17, 15) is 9.59 Å². The molecule has 4 rings (SSSR count). The number of hydrogen-bond donors (Lipinski definition) is 2. The summed E-state index contributed by atoms with van der Waals surface area (Å²) in [7, 11) is 1.62. The molecule has 1 unspecified atom stereocenters. The zero-order chi connectivity index (χ0) is 23.8. The van der Waals surface area contributed by atoms with Crippen molar-refractivity contribution in [3.8, 4) is 17.0 Å². The Bertz CT molecular complexity index is 1140. The number of carbonyl (C=O) groups excluding carboxylic acids is 2. The molecular formula is C25H25N3O5S. The lowest BCUT2D eigenvalue weighted by molar-refractivity contribution is -0.186. The molecule has 1 saturated heterocycles. The van der Waals surface area contributed by atoms with Crippen LogP contribution in [-0.4, -0.2) is 36.8 Å². The van der Waals surface area contributed by atoms with Crippen LogP contribution in [0, 0.1) is 0 Å². The fourth-order valence-corrected chi connectivity index (χ4v) is 4.00. The van der Waals surface area contributed by atoms with Gasteiger partial charge < -0.3 is 9.47 Å². The van der Waals surface area contributed by atoms with Gasteiger partial charge in [-0.2, -0.15) is 0 Å². The average Bonchev–Trinajstić information content (AvgIpc) is 3.35. The number of ether oxygens (including phenoxy) is 2. The highest BCUT2D eigenvalue weighted by molar-refractivity contribution is 7.14. The highest BCUT2D eigenvalue weighted by Crippen LogP contribution is 2.26. The first-order chi connectivity index (χ1) is 16.6. The van der Waals surface area contributed by atoms with Gasteiger partial charge in [0.2, 0.25) is 5.91 Å². The molecule has 0 aliphatic carbocycles. The maximum absolute atomic E-state index is 12.3. The number of nitrogens with zero attached hydrogens (tertiary/aromatic N) is 1. The number of methoxy groups -OCH3 is 1. The number of carbonyl (C=O) groups is 2. The number of rotatable bonds is 8. The number of aromatic nitrogens is 1. The maximum Gasteiger partial charge on any atom is 0.274 e. The summed E-state index contributed by atoms with van der Waals surface area (Å²) in [5.74, 6) is 0.130. The van der Waals surface area contributed by atoms with Crippen LogP contribution in [0.15, 0.2) is 60.0 Å². The largest absolute Gasteiger partial charge is 0.497 e. The summed E-state index contributed by atoms with van der Waals surface area (Å²) in [6.07, 6.45) is 5.48. The van der Waals surface area contributed by atoms with Gasteiger partial charge in [-0.25, -0.2) is 15.3 Å². The third-order valence-electron chi connectivity index (χ3n) is 5.14. The molecule has 1 aromatic heterocycles. The van der Waals surface area contributed by atoms with Gasteiger partial charge >= 0.3 is 0 Å². The minimum Gasteiger partial charge on any atom is -0.497 e. The van der Waals surface area contributed by atoms with Crippen molar-refractivity contribution < 1.29 is 23.9 Å². The number of amides is 2. The average molecular weight is 480 g/mol. The SMILES string of the molecule is COc1ccc(-c2csc(NC(=O)/C=C/c3ccc(C(=O)NOC4CCCCO4)cc3)n2)cc1. The first-order valence-corrected chi connectivity index (χ1v) is 11.8. The van der Waals surface area contributed by atoms with E-state index in [4.69, 9.17) is 14.3 Å². The van der Waals surface area contributed by atoms with Gasteiger partial charge in [-0.3, -0.25) is 14.9 Å². The van der Waals surface area contributed by atoms with E-state index in [1.807, 2.05) is 29.6 Å². The van der Waals surface area contributed by atoms with Gasteiger partial charge in [-0.05, 0) is 60.9 Å². The van der Waals surface area contributed by atoms with Crippen molar-refractivity contribution in [3.05, 3.63) is 71.1 Å². The molecular weight excluding hydrogens is 454 g/mol. The molecule has 2 amide bonds. The van der Waals surface area contributed by atoms with Crippen molar-refractivity contribution in [2.75, 3.05) is 19.0 Å². The number of thiazole rings is 1. The maximum atomic E-state index is 12.3. The lowest BCUT2D eigenvalue weighted by Crippen LogP contribution is -2.33. The summed E-state index contributed by atoms with van der Waals surface area (Å²) in [5.41, 5.74) is 5.37. The van der Waals surface area contributed by atoms with Gasteiger partial charge in [0, 0.05) is 35.6 Å². The normalized spacial score (nSPS) is 15.7. The third-order valence-corrected chi connectivity index (χ3v) is 5.90. The topological polar surface area (TPSA) is 98.8 Å². The molecule has 0 radical (unpaired) electrons. The van der Waals surface area contributed by atoms with Crippen LogP contribution in [0.25, 0.3) is 17.3 Å². The summed E-state index contributed by atoms with van der Waals surface area (Å²) in [5, 5.41) is 5.16. The van der Waals surface area contributed by atoms with E-state index in [-0.39, 0.29) is 11.8 Å². The summed E-state index contributed by atoms with van der Waals surface area (Å²) < 4.78 is 10.6. The number of nitrogens with one attached hydrogen (secondary N) is 2. The second kappa shape index (κ2) is 11.6. The Kier molecular flexibility index (Phi) is 8.03. The molecule has 2 aromatic carbocycles. The Morgan fingerprint density at radius 1 is 1.12 bits per heavy atom. The van der Waals surface area contributed by atoms with Crippen molar-refractivity contribution in [3.63, 3.8) is 0 Å². The summed E-state index contributed by atoms with van der Waals surface area (Å²) >= 11 is 1.35. The van der Waals surface area contributed by atoms with Gasteiger partial charge in [0.15, 0.2) is 11.4 Å². The van der Waals surface area contributed by atoms with Crippen molar-refractivity contribution in [1.82, 2.24) is 10.5 Å². The van der Waals surface area contributed by atoms with Crippen molar-refractivity contribution in [2.45, 2.75) is 25.6 Å². The van der Waals surface area contributed by atoms with Crippen LogP contribution in [0.3, 0.4) is 0 Å². The molecule has 8 nitrogen and oxygen atoms in total. The molecule has 2 N–H and O–H groups in total. The molecule has 0 spiro atoms. The van der Waals surface area contributed by atoms with Crippen LogP contribution in [-0.2, 0) is 14.4 Å². The minimum atomic E-state index is -0.399. The predicted octanol–water partition coefficient (Wildman–Crippen LogP) is 4.66. The summed E-state index contributed by atoms with van der Waals surface area (Å²) in [6, 6.07) is 14.4. The van der Waals surface area contributed by atoms with Gasteiger partial charge in [0.1, 0.15) is 5.75 Å². The molecule has 0 bridgehead atoms. The highest BCUT2D eigenvalue weighted by atomic mass is 32.1. The van der Waals surface area contributed by atoms with E-state index in [0.29, 0.717) is 17.3 Å². The van der Waals surface area contributed by atoms with E-state index in [1.165, 1.54) is 17.4 Å². The first-order valence-electron chi connectivity index (χ1n) is 10.9. The molecule has 2 heterocycles. The molecule has 9 heteroatoms. The van der Waals surface area contributed by atoms with E-state index in [0.717, 1.165) is 41.8 Å². The van der Waals surface area contributed by atoms with Crippen LogP contribution in [0.1, 0.15) is 35.2 Å². The third kappa shape index (κ3) is 6.50. The molecule has 34 heavy (non-hydrogen) atoms. The van der Waals surface area contributed by atoms with Crippen LogP contribution >= 0.6 is 11.3 Å². The first kappa shape index (κ1) is 23.6. The predicted molar refractivity (Wildman–Crippen MR) is 130 cm³/mol. The Hall–Kier alpha value is -3.53. The fourth-order valence-electron chi connectivity index (χ4n) is 3.27. The van der Waals surface area contributed by atoms with E-state index in [2.05, 4.69) is 15.8 Å². The van der Waals surface area contributed by atoms with Crippen molar-refractivity contribution in [1.29, 1.82) is 0 Å². The van der Waals surface area contributed by atoms with Crippen LogP contribution < -0.4 is 15.5 Å². The molecule has 1 aliphatic rings. The second-order valence-electron chi connectivity index (χ2n) is 7.56. The Morgan fingerprint density at radius 3 is 2.62 bits per heavy atom. The van der Waals surface area contributed by atoms with Gasteiger partial charge in [0.25, 0.3) is 5.91 Å². The quantitative estimate of drug-likeness (QED) is 0.360. The smallest absolute Gasteiger partial charge is 0.274 e. The van der Waals surface area contributed by atoms with E-state index < -0.39 is 6.29 Å². The van der Waals surface area contributed by atoms with E-state index >= 15 is 0 Å². The standard InChI is InChI=1S/C25H25N3O5S/c1-31-20-12-10-18(11-13-20)21-16-34-25(26-21)27-22(29)14-7-17-5-8-19(9-6-17)24(30)28-33-23-4-2-3-15-32-23/h5-14,16,23H,2-4,15H2,1H3,(H,28,30)(H,26,27,29)/b14-7+. The number of hydroxylamine groups is 1. The monoisotopic (exact) mass is 479 g/mol. The van der Waals surface area contributed by atoms with E-state index in [1.54, 1.807) is 37.5 Å². The van der Waals surface area contributed by atoms with Crippen LogP contribution in [0.2, 0.25) is 0 Å². The molecule has 1 fully saturated rings. The lowest BCUT2D eigenvalue weighted by atomic mass is 10.1. The zero-order valence-corrected chi connectivity index (χ0v) is 19.5. The summed E-state index contributed by atoms with van der Waals surface area (Å²) in [4.78, 5) is 34.3. The molecule has 176 valence electrons.